The lowest BCUT2D eigenvalue weighted by Crippen LogP contribution is -2.40. The van der Waals surface area contributed by atoms with E-state index in [9.17, 15) is 9.59 Å². The van der Waals surface area contributed by atoms with Crippen molar-refractivity contribution in [3.63, 3.8) is 0 Å². The van der Waals surface area contributed by atoms with Crippen LogP contribution < -0.4 is 5.32 Å². The standard InChI is InChI=1S/C19H28N2O3/c1-14(2)16-6-3-7-17(11-16)20-18(22)13-21-10-4-5-15(12-21)8-9-19(23)24/h3,6-7,11,14-15H,4-5,8-10,12-13H2,1-2H3,(H,20,22)(H,23,24). The van der Waals surface area contributed by atoms with Gasteiger partial charge in [0.2, 0.25) is 5.91 Å². The van der Waals surface area contributed by atoms with Gasteiger partial charge in [-0.05, 0) is 55.3 Å². The molecule has 24 heavy (non-hydrogen) atoms. The van der Waals surface area contributed by atoms with Crippen molar-refractivity contribution in [2.45, 2.75) is 45.4 Å². The Morgan fingerprint density at radius 3 is 2.88 bits per heavy atom. The predicted octanol–water partition coefficient (Wildman–Crippen LogP) is 3.33. The molecule has 5 nitrogen and oxygen atoms in total. The van der Waals surface area contributed by atoms with Crippen LogP contribution in [0.3, 0.4) is 0 Å². The molecule has 1 aromatic carbocycles. The van der Waals surface area contributed by atoms with E-state index in [1.807, 2.05) is 18.2 Å². The van der Waals surface area contributed by atoms with Crippen LogP contribution in [-0.2, 0) is 9.59 Å². The van der Waals surface area contributed by atoms with Crippen LogP contribution in [0.5, 0.6) is 0 Å². The van der Waals surface area contributed by atoms with Gasteiger partial charge in [-0.1, -0.05) is 26.0 Å². The van der Waals surface area contributed by atoms with Crippen molar-refractivity contribution in [2.75, 3.05) is 25.0 Å². The maximum Gasteiger partial charge on any atom is 0.303 e. The molecule has 0 bridgehead atoms. The Kier molecular flexibility index (Phi) is 6.79. The molecule has 1 atom stereocenters. The summed E-state index contributed by atoms with van der Waals surface area (Å²) in [5, 5.41) is 11.8. The average molecular weight is 332 g/mol. The molecule has 1 aliphatic rings. The van der Waals surface area contributed by atoms with Crippen molar-refractivity contribution in [1.82, 2.24) is 4.90 Å². The molecule has 5 heteroatoms. The molecule has 2 N–H and O–H groups in total. The molecule has 132 valence electrons. The fourth-order valence-electron chi connectivity index (χ4n) is 3.24. The monoisotopic (exact) mass is 332 g/mol. The van der Waals surface area contributed by atoms with Gasteiger partial charge in [-0.3, -0.25) is 14.5 Å². The third-order valence-electron chi connectivity index (χ3n) is 4.57. The summed E-state index contributed by atoms with van der Waals surface area (Å²) in [6.07, 6.45) is 3.00. The minimum Gasteiger partial charge on any atom is -0.481 e. The number of anilines is 1. The predicted molar refractivity (Wildman–Crippen MR) is 95.2 cm³/mol. The van der Waals surface area contributed by atoms with E-state index in [2.05, 4.69) is 30.1 Å². The first-order valence-corrected chi connectivity index (χ1v) is 8.78. The highest BCUT2D eigenvalue weighted by molar-refractivity contribution is 5.92. The quantitative estimate of drug-likeness (QED) is 0.803. The molecule has 1 heterocycles. The van der Waals surface area contributed by atoms with E-state index in [0.29, 0.717) is 24.8 Å². The number of carbonyl (C=O) groups excluding carboxylic acids is 1. The topological polar surface area (TPSA) is 69.6 Å². The first-order chi connectivity index (χ1) is 11.4. The van der Waals surface area contributed by atoms with E-state index >= 15 is 0 Å². The third-order valence-corrected chi connectivity index (χ3v) is 4.57. The molecule has 0 aliphatic carbocycles. The summed E-state index contributed by atoms with van der Waals surface area (Å²) < 4.78 is 0. The molecular formula is C19H28N2O3. The Balaban J connectivity index is 1.83. The molecule has 1 amide bonds. The first kappa shape index (κ1) is 18.5. The van der Waals surface area contributed by atoms with Gasteiger partial charge in [0.15, 0.2) is 0 Å². The van der Waals surface area contributed by atoms with Crippen LogP contribution >= 0.6 is 0 Å². The SMILES string of the molecule is CC(C)c1cccc(NC(=O)CN2CCCC(CCC(=O)O)C2)c1. The van der Waals surface area contributed by atoms with Gasteiger partial charge < -0.3 is 10.4 Å². The maximum atomic E-state index is 12.3. The highest BCUT2D eigenvalue weighted by atomic mass is 16.4. The molecule has 1 aromatic rings. The van der Waals surface area contributed by atoms with Gasteiger partial charge in [-0.15, -0.1) is 0 Å². The molecule has 1 unspecified atom stereocenters. The zero-order chi connectivity index (χ0) is 17.5. The van der Waals surface area contributed by atoms with Crippen LogP contribution in [0.2, 0.25) is 0 Å². The smallest absolute Gasteiger partial charge is 0.303 e. The van der Waals surface area contributed by atoms with Crippen molar-refractivity contribution in [1.29, 1.82) is 0 Å². The number of hydrogen-bond donors (Lipinski definition) is 2. The first-order valence-electron chi connectivity index (χ1n) is 8.78. The van der Waals surface area contributed by atoms with E-state index in [-0.39, 0.29) is 12.3 Å². The minimum absolute atomic E-state index is 0.00482. The lowest BCUT2D eigenvalue weighted by Gasteiger charge is -2.32. The number of amides is 1. The molecule has 0 spiro atoms. The average Bonchev–Trinajstić information content (AvgIpc) is 2.53. The number of nitrogens with one attached hydrogen (secondary N) is 1. The normalized spacial score (nSPS) is 18.5. The number of piperidine rings is 1. The summed E-state index contributed by atoms with van der Waals surface area (Å²) in [4.78, 5) is 25.1. The summed E-state index contributed by atoms with van der Waals surface area (Å²) in [7, 11) is 0. The van der Waals surface area contributed by atoms with E-state index in [1.165, 1.54) is 5.56 Å². The Hall–Kier alpha value is -1.88. The Morgan fingerprint density at radius 2 is 2.17 bits per heavy atom. The molecular weight excluding hydrogens is 304 g/mol. The molecule has 0 saturated carbocycles. The lowest BCUT2D eigenvalue weighted by atomic mass is 9.93. The molecule has 0 radical (unpaired) electrons. The Morgan fingerprint density at radius 1 is 1.38 bits per heavy atom. The second-order valence-electron chi connectivity index (χ2n) is 7.00. The number of rotatable bonds is 7. The van der Waals surface area contributed by atoms with Gasteiger partial charge in [-0.25, -0.2) is 0 Å². The molecule has 1 aliphatic heterocycles. The zero-order valence-corrected chi connectivity index (χ0v) is 14.6. The van der Waals surface area contributed by atoms with Crippen molar-refractivity contribution < 1.29 is 14.7 Å². The second kappa shape index (κ2) is 8.83. The summed E-state index contributed by atoms with van der Waals surface area (Å²) >= 11 is 0. The van der Waals surface area contributed by atoms with Crippen LogP contribution in [0.1, 0.15) is 51.0 Å². The number of nitrogens with zero attached hydrogens (tertiary/aromatic N) is 1. The third kappa shape index (κ3) is 5.96. The second-order valence-corrected chi connectivity index (χ2v) is 7.00. The Bertz CT molecular complexity index is 571. The number of hydrogen-bond acceptors (Lipinski definition) is 3. The summed E-state index contributed by atoms with van der Waals surface area (Å²) in [6.45, 7) is 6.35. The fourth-order valence-corrected chi connectivity index (χ4v) is 3.24. The van der Waals surface area contributed by atoms with Crippen molar-refractivity contribution in [3.05, 3.63) is 29.8 Å². The van der Waals surface area contributed by atoms with Gasteiger partial charge in [0.1, 0.15) is 0 Å². The maximum absolute atomic E-state index is 12.3. The zero-order valence-electron chi connectivity index (χ0n) is 14.6. The number of carboxylic acid groups (broad SMARTS) is 1. The van der Waals surface area contributed by atoms with Crippen molar-refractivity contribution in [2.24, 2.45) is 5.92 Å². The van der Waals surface area contributed by atoms with E-state index in [0.717, 1.165) is 31.6 Å². The van der Waals surface area contributed by atoms with Crippen LogP contribution in [0.4, 0.5) is 5.69 Å². The summed E-state index contributed by atoms with van der Waals surface area (Å²) in [5.41, 5.74) is 2.05. The van der Waals surface area contributed by atoms with E-state index < -0.39 is 5.97 Å². The molecule has 1 fully saturated rings. The number of aliphatic carboxylic acids is 1. The molecule has 1 saturated heterocycles. The Labute approximate surface area is 144 Å². The van der Waals surface area contributed by atoms with Crippen molar-refractivity contribution >= 4 is 17.6 Å². The van der Waals surface area contributed by atoms with E-state index in [1.54, 1.807) is 0 Å². The van der Waals surface area contributed by atoms with Gasteiger partial charge in [-0.2, -0.15) is 0 Å². The van der Waals surface area contributed by atoms with E-state index in [4.69, 9.17) is 5.11 Å². The summed E-state index contributed by atoms with van der Waals surface area (Å²) in [6, 6.07) is 7.97. The van der Waals surface area contributed by atoms with Gasteiger partial charge in [0.25, 0.3) is 0 Å². The highest BCUT2D eigenvalue weighted by Crippen LogP contribution is 2.21. The number of benzene rings is 1. The van der Waals surface area contributed by atoms with Crippen LogP contribution in [0.15, 0.2) is 24.3 Å². The van der Waals surface area contributed by atoms with Crippen LogP contribution in [0.25, 0.3) is 0 Å². The van der Waals surface area contributed by atoms with Crippen LogP contribution in [-0.4, -0.2) is 41.5 Å². The van der Waals surface area contributed by atoms with Crippen molar-refractivity contribution in [3.8, 4) is 0 Å². The molecule has 0 aromatic heterocycles. The number of likely N-dealkylation sites (tertiary alicyclic amines) is 1. The highest BCUT2D eigenvalue weighted by Gasteiger charge is 2.22. The summed E-state index contributed by atoms with van der Waals surface area (Å²) in [5.74, 6) is 0.0653. The van der Waals surface area contributed by atoms with Gasteiger partial charge in [0.05, 0.1) is 6.54 Å². The van der Waals surface area contributed by atoms with Gasteiger partial charge >= 0.3 is 5.97 Å². The van der Waals surface area contributed by atoms with Crippen LogP contribution in [0, 0.1) is 5.92 Å². The minimum atomic E-state index is -0.741. The largest absolute Gasteiger partial charge is 0.481 e. The number of carboxylic acids is 1. The fraction of sp³-hybridized carbons (Fsp3) is 0.579. The van der Waals surface area contributed by atoms with Gasteiger partial charge in [0, 0.05) is 18.7 Å². The molecule has 2 rings (SSSR count). The lowest BCUT2D eigenvalue weighted by molar-refractivity contribution is -0.137. The number of carbonyl (C=O) groups is 2.